The number of ether oxygens (including phenoxy) is 1. The number of Topliss-reactive ketones (excluding diaryl/α,β-unsaturated/α-hetero) is 1. The number of hydrogen-bond donors (Lipinski definition) is 1. The molecule has 2 N–H and O–H groups in total. The Bertz CT molecular complexity index is 433. The maximum Gasteiger partial charge on any atom is 0.174 e. The number of likely N-dealkylation sites (N-methyl/N-ethyl adjacent to an activating group) is 1. The van der Waals surface area contributed by atoms with Gasteiger partial charge in [-0.1, -0.05) is 6.92 Å². The molecule has 1 rings (SSSR count). The molecule has 0 bridgehead atoms. The third kappa shape index (κ3) is 3.64. The number of carbonyl (C=O) groups excluding carboxylic acids is 1. The SMILES string of the molecule is CCC(=O)c1sc(N(CC)CCOC)c(SC)c1N. The van der Waals surface area contributed by atoms with Gasteiger partial charge in [0.25, 0.3) is 0 Å². The molecule has 1 heterocycles. The van der Waals surface area contributed by atoms with Crippen LogP contribution in [-0.2, 0) is 4.74 Å². The van der Waals surface area contributed by atoms with Gasteiger partial charge in [0.05, 0.1) is 22.1 Å². The van der Waals surface area contributed by atoms with Crippen molar-refractivity contribution in [2.45, 2.75) is 25.2 Å². The van der Waals surface area contributed by atoms with Gasteiger partial charge < -0.3 is 15.4 Å². The Morgan fingerprint density at radius 3 is 2.63 bits per heavy atom. The van der Waals surface area contributed by atoms with Crippen molar-refractivity contribution in [3.05, 3.63) is 4.88 Å². The van der Waals surface area contributed by atoms with Crippen molar-refractivity contribution in [3.63, 3.8) is 0 Å². The molecule has 0 aliphatic carbocycles. The van der Waals surface area contributed by atoms with Crippen LogP contribution in [0.5, 0.6) is 0 Å². The summed E-state index contributed by atoms with van der Waals surface area (Å²) in [7, 11) is 1.69. The van der Waals surface area contributed by atoms with Gasteiger partial charge in [0.1, 0.15) is 5.00 Å². The van der Waals surface area contributed by atoms with Gasteiger partial charge in [-0.15, -0.1) is 23.1 Å². The highest BCUT2D eigenvalue weighted by Gasteiger charge is 2.22. The Balaban J connectivity index is 3.14. The van der Waals surface area contributed by atoms with Crippen molar-refractivity contribution in [2.24, 2.45) is 0 Å². The lowest BCUT2D eigenvalue weighted by Gasteiger charge is -2.22. The van der Waals surface area contributed by atoms with Crippen LogP contribution in [0, 0.1) is 0 Å². The molecule has 6 heteroatoms. The van der Waals surface area contributed by atoms with Crippen LogP contribution in [0.3, 0.4) is 0 Å². The molecule has 108 valence electrons. The molecule has 0 radical (unpaired) electrons. The largest absolute Gasteiger partial charge is 0.396 e. The molecule has 1 aromatic rings. The van der Waals surface area contributed by atoms with Crippen LogP contribution < -0.4 is 10.6 Å². The van der Waals surface area contributed by atoms with Gasteiger partial charge in [-0.3, -0.25) is 4.79 Å². The smallest absolute Gasteiger partial charge is 0.174 e. The van der Waals surface area contributed by atoms with Gasteiger partial charge in [0, 0.05) is 26.6 Å². The first-order chi connectivity index (χ1) is 9.10. The molecular weight excluding hydrogens is 280 g/mol. The average molecular weight is 302 g/mol. The predicted octanol–water partition coefficient (Wildman–Crippen LogP) is 3.12. The standard InChI is InChI=1S/C13H22N2O2S2/c1-5-9(16)11-10(14)12(18-4)13(19-11)15(6-2)7-8-17-3/h5-8,14H2,1-4H3. The molecule has 0 saturated heterocycles. The normalized spacial score (nSPS) is 10.7. The van der Waals surface area contributed by atoms with E-state index in [0.717, 1.165) is 23.0 Å². The van der Waals surface area contributed by atoms with Gasteiger partial charge in [0.2, 0.25) is 0 Å². The quantitative estimate of drug-likeness (QED) is 0.590. The van der Waals surface area contributed by atoms with Gasteiger partial charge in [0.15, 0.2) is 5.78 Å². The summed E-state index contributed by atoms with van der Waals surface area (Å²) in [6.45, 7) is 6.30. The van der Waals surface area contributed by atoms with Crippen molar-refractivity contribution >= 4 is 39.6 Å². The maximum atomic E-state index is 11.9. The molecule has 0 aliphatic rings. The molecule has 0 spiro atoms. The van der Waals surface area contributed by atoms with Crippen LogP contribution >= 0.6 is 23.1 Å². The highest BCUT2D eigenvalue weighted by atomic mass is 32.2. The summed E-state index contributed by atoms with van der Waals surface area (Å²) in [5.74, 6) is 0.117. The second-order valence-corrected chi connectivity index (χ2v) is 5.85. The van der Waals surface area contributed by atoms with Crippen molar-refractivity contribution in [1.29, 1.82) is 0 Å². The summed E-state index contributed by atoms with van der Waals surface area (Å²) >= 11 is 3.10. The van der Waals surface area contributed by atoms with E-state index in [9.17, 15) is 4.79 Å². The Morgan fingerprint density at radius 2 is 2.16 bits per heavy atom. The van der Waals surface area contributed by atoms with E-state index in [1.54, 1.807) is 18.9 Å². The highest BCUT2D eigenvalue weighted by Crippen LogP contribution is 2.44. The first-order valence-electron chi connectivity index (χ1n) is 6.33. The van der Waals surface area contributed by atoms with E-state index in [2.05, 4.69) is 11.8 Å². The minimum Gasteiger partial charge on any atom is -0.396 e. The van der Waals surface area contributed by atoms with Crippen LogP contribution in [0.4, 0.5) is 10.7 Å². The van der Waals surface area contributed by atoms with Crippen molar-refractivity contribution in [2.75, 3.05) is 43.7 Å². The molecule has 0 aliphatic heterocycles. The number of nitrogens with zero attached hydrogens (tertiary/aromatic N) is 1. The molecule has 0 fully saturated rings. The number of thioether (sulfide) groups is 1. The number of nitrogen functional groups attached to an aromatic ring is 1. The fourth-order valence-electron chi connectivity index (χ4n) is 1.79. The Morgan fingerprint density at radius 1 is 1.47 bits per heavy atom. The molecular formula is C13H22N2O2S2. The fourth-order valence-corrected chi connectivity index (χ4v) is 4.08. The number of hydrogen-bond acceptors (Lipinski definition) is 6. The van der Waals surface area contributed by atoms with E-state index in [1.807, 2.05) is 13.2 Å². The van der Waals surface area contributed by atoms with E-state index < -0.39 is 0 Å². The molecule has 1 aromatic heterocycles. The number of nitrogens with two attached hydrogens (primary N) is 1. The lowest BCUT2D eigenvalue weighted by atomic mass is 10.2. The Kier molecular flexibility index (Phi) is 6.68. The van der Waals surface area contributed by atoms with Crippen LogP contribution in [0.15, 0.2) is 4.90 Å². The average Bonchev–Trinajstić information content (AvgIpc) is 2.76. The summed E-state index contributed by atoms with van der Waals surface area (Å²) in [4.78, 5) is 15.8. The monoisotopic (exact) mass is 302 g/mol. The first kappa shape index (κ1) is 16.3. The lowest BCUT2D eigenvalue weighted by molar-refractivity contribution is 0.0992. The maximum absolute atomic E-state index is 11.9. The zero-order valence-electron chi connectivity index (χ0n) is 12.0. The summed E-state index contributed by atoms with van der Waals surface area (Å²) < 4.78 is 5.13. The molecule has 0 aromatic carbocycles. The molecule has 0 saturated carbocycles. The number of carbonyl (C=O) groups is 1. The minimum absolute atomic E-state index is 0.117. The van der Waals surface area contributed by atoms with E-state index in [0.29, 0.717) is 23.6 Å². The summed E-state index contributed by atoms with van der Waals surface area (Å²) in [6, 6.07) is 0. The van der Waals surface area contributed by atoms with E-state index in [1.165, 1.54) is 11.3 Å². The second kappa shape index (κ2) is 7.77. The second-order valence-electron chi connectivity index (χ2n) is 4.03. The fraction of sp³-hybridized carbons (Fsp3) is 0.615. The molecule has 0 atom stereocenters. The van der Waals surface area contributed by atoms with Crippen molar-refractivity contribution in [1.82, 2.24) is 0 Å². The lowest BCUT2D eigenvalue weighted by Crippen LogP contribution is -2.26. The molecule has 0 unspecified atom stereocenters. The summed E-state index contributed by atoms with van der Waals surface area (Å²) in [5.41, 5.74) is 6.76. The topological polar surface area (TPSA) is 55.6 Å². The summed E-state index contributed by atoms with van der Waals surface area (Å²) in [5, 5.41) is 1.08. The molecule has 19 heavy (non-hydrogen) atoms. The minimum atomic E-state index is 0.117. The van der Waals surface area contributed by atoms with Gasteiger partial charge >= 0.3 is 0 Å². The number of ketones is 1. The Hall–Kier alpha value is -0.720. The first-order valence-corrected chi connectivity index (χ1v) is 8.38. The van der Waals surface area contributed by atoms with Crippen LogP contribution in [0.25, 0.3) is 0 Å². The van der Waals surface area contributed by atoms with Crippen LogP contribution in [0.2, 0.25) is 0 Å². The van der Waals surface area contributed by atoms with Gasteiger partial charge in [-0.25, -0.2) is 0 Å². The Labute approximate surface area is 123 Å². The molecule has 4 nitrogen and oxygen atoms in total. The van der Waals surface area contributed by atoms with Gasteiger partial charge in [-0.05, 0) is 13.2 Å². The summed E-state index contributed by atoms with van der Waals surface area (Å²) in [6.07, 6.45) is 2.48. The van der Waals surface area contributed by atoms with E-state index in [4.69, 9.17) is 10.5 Å². The van der Waals surface area contributed by atoms with Crippen molar-refractivity contribution < 1.29 is 9.53 Å². The zero-order chi connectivity index (χ0) is 14.4. The number of methoxy groups -OCH3 is 1. The van der Waals surface area contributed by atoms with Crippen LogP contribution in [-0.4, -0.2) is 38.8 Å². The number of thiophene rings is 1. The number of rotatable bonds is 8. The predicted molar refractivity (Wildman–Crippen MR) is 84.9 cm³/mol. The van der Waals surface area contributed by atoms with Crippen LogP contribution in [0.1, 0.15) is 29.9 Å². The molecule has 0 amide bonds. The number of anilines is 2. The third-order valence-electron chi connectivity index (χ3n) is 2.89. The van der Waals surface area contributed by atoms with Gasteiger partial charge in [-0.2, -0.15) is 0 Å². The zero-order valence-corrected chi connectivity index (χ0v) is 13.6. The third-order valence-corrected chi connectivity index (χ3v) is 5.15. The van der Waals surface area contributed by atoms with E-state index >= 15 is 0 Å². The van der Waals surface area contributed by atoms with Crippen molar-refractivity contribution in [3.8, 4) is 0 Å². The van der Waals surface area contributed by atoms with E-state index in [-0.39, 0.29) is 5.78 Å². The highest BCUT2D eigenvalue weighted by molar-refractivity contribution is 7.99.